The number of alkyl halides is 1. The minimum atomic E-state index is -3.35. The zero-order valence-electron chi connectivity index (χ0n) is 31.5. The predicted molar refractivity (Wildman–Crippen MR) is 198 cm³/mol. The molecule has 45 heavy (non-hydrogen) atoms. The summed E-state index contributed by atoms with van der Waals surface area (Å²) in [5.74, 6) is 0.155. The van der Waals surface area contributed by atoms with Gasteiger partial charge in [-0.2, -0.15) is 8.42 Å². The van der Waals surface area contributed by atoms with Gasteiger partial charge in [0.15, 0.2) is 0 Å². The lowest BCUT2D eigenvalue weighted by Crippen LogP contribution is -2.47. The lowest BCUT2D eigenvalue weighted by Gasteiger charge is -2.34. The van der Waals surface area contributed by atoms with Crippen LogP contribution in [0, 0.1) is 0 Å². The van der Waals surface area contributed by atoms with Crippen LogP contribution in [0.15, 0.2) is 0 Å². The van der Waals surface area contributed by atoms with Crippen LogP contribution in [0.1, 0.15) is 208 Å². The summed E-state index contributed by atoms with van der Waals surface area (Å²) >= 11 is 0. The quantitative estimate of drug-likeness (QED) is 0.0385. The molecule has 0 aliphatic heterocycles. The summed E-state index contributed by atoms with van der Waals surface area (Å²) < 4.78 is 42.5. The van der Waals surface area contributed by atoms with Gasteiger partial charge in [0, 0.05) is 0 Å². The number of quaternary nitrogens is 1. The Morgan fingerprint density at radius 3 is 1.00 bits per heavy atom. The molecule has 0 unspecified atom stereocenters. The molecule has 6 heteroatoms. The zero-order chi connectivity index (χ0) is 33.7. The molecular weight excluding hydrogens is 581 g/mol. The molecule has 0 radical (unpaired) electrons. The van der Waals surface area contributed by atoms with E-state index in [1.165, 1.54) is 146 Å². The summed E-state index contributed by atoms with van der Waals surface area (Å²) in [6, 6.07) is 0. The van der Waals surface area contributed by atoms with E-state index in [0.717, 1.165) is 44.9 Å². The second kappa shape index (κ2) is 36.6. The minimum absolute atomic E-state index is 0.155. The fourth-order valence-electron chi connectivity index (χ4n) is 6.20. The van der Waals surface area contributed by atoms with Crippen molar-refractivity contribution in [1.29, 1.82) is 0 Å². The number of nitrogens with zero attached hydrogens (tertiary/aromatic N) is 1. The average molecular weight is 665 g/mol. The van der Waals surface area contributed by atoms with Crippen LogP contribution >= 0.6 is 0 Å². The Bertz CT molecular complexity index is 637. The normalized spacial score (nSPS) is 12.0. The van der Waals surface area contributed by atoms with Crippen molar-refractivity contribution >= 4 is 10.1 Å². The van der Waals surface area contributed by atoms with Crippen molar-refractivity contribution in [3.63, 3.8) is 0 Å². The third kappa shape index (κ3) is 34.9. The lowest BCUT2D eigenvalue weighted by molar-refractivity contribution is -0.921. The van der Waals surface area contributed by atoms with E-state index in [1.807, 2.05) is 0 Å². The van der Waals surface area contributed by atoms with Crippen LogP contribution in [0.4, 0.5) is 4.39 Å². The molecule has 0 bridgehead atoms. The van der Waals surface area contributed by atoms with Crippen molar-refractivity contribution in [1.82, 2.24) is 0 Å². The van der Waals surface area contributed by atoms with Gasteiger partial charge < -0.3 is 4.48 Å². The summed E-state index contributed by atoms with van der Waals surface area (Å²) in [5.41, 5.74) is 0. The van der Waals surface area contributed by atoms with E-state index in [9.17, 15) is 12.8 Å². The van der Waals surface area contributed by atoms with E-state index in [-0.39, 0.29) is 12.4 Å². The Kier molecular flexibility index (Phi) is 38.2. The van der Waals surface area contributed by atoms with Crippen molar-refractivity contribution < 1.29 is 21.5 Å². The van der Waals surface area contributed by atoms with Crippen molar-refractivity contribution in [2.45, 2.75) is 208 Å². The van der Waals surface area contributed by atoms with Gasteiger partial charge in [-0.3, -0.25) is 8.57 Å². The first-order valence-corrected chi connectivity index (χ1v) is 21.7. The van der Waals surface area contributed by atoms with Crippen LogP contribution in [0.3, 0.4) is 0 Å². The second-order valence-corrected chi connectivity index (χ2v) is 15.3. The molecular formula is C39H83FNO3S+. The summed E-state index contributed by atoms with van der Waals surface area (Å²) in [6.45, 7) is 16.7. The van der Waals surface area contributed by atoms with Crippen molar-refractivity contribution in [2.24, 2.45) is 0 Å². The van der Waals surface area contributed by atoms with Gasteiger partial charge in [0.25, 0.3) is 10.1 Å². The second-order valence-electron chi connectivity index (χ2n) is 13.6. The molecule has 0 heterocycles. The molecule has 0 spiro atoms. The highest BCUT2D eigenvalue weighted by Gasteiger charge is 2.16. The average Bonchev–Trinajstić information content (AvgIpc) is 3.04. The molecule has 0 rings (SSSR count). The topological polar surface area (TPSA) is 43.4 Å². The third-order valence-corrected chi connectivity index (χ3v) is 11.3. The molecule has 4 nitrogen and oxygen atoms in total. The summed E-state index contributed by atoms with van der Waals surface area (Å²) in [6.07, 6.45) is 33.0. The molecule has 0 saturated heterocycles. The summed E-state index contributed by atoms with van der Waals surface area (Å²) in [5, 5.41) is 0. The van der Waals surface area contributed by atoms with Crippen LogP contribution in [0.5, 0.6) is 0 Å². The standard InChI is InChI=1S/C31H63FO3S.C8H20N/c1-2-3-4-5-6-7-8-9-10-11-12-13-14-15-18-21-24-27-30-35-36(33,34)31-28-25-22-19-16-17-20-23-26-29-32;1-5-9(6-2,7-3)8-4/h2-31H2,1H3;5-8H2,1-4H3/q;+1. The summed E-state index contributed by atoms with van der Waals surface area (Å²) in [7, 11) is -3.35. The highest BCUT2D eigenvalue weighted by Crippen LogP contribution is 2.15. The van der Waals surface area contributed by atoms with E-state index in [0.29, 0.717) is 19.4 Å². The monoisotopic (exact) mass is 665 g/mol. The first-order valence-electron chi connectivity index (χ1n) is 20.1. The van der Waals surface area contributed by atoms with Crippen LogP contribution in [-0.4, -0.2) is 58.1 Å². The van der Waals surface area contributed by atoms with Crippen molar-refractivity contribution in [2.75, 3.05) is 45.2 Å². The number of unbranched alkanes of at least 4 members (excludes halogenated alkanes) is 25. The van der Waals surface area contributed by atoms with Gasteiger partial charge in [-0.15, -0.1) is 0 Å². The van der Waals surface area contributed by atoms with E-state index < -0.39 is 10.1 Å². The number of hydrogen-bond donors (Lipinski definition) is 0. The first-order chi connectivity index (χ1) is 21.9. The Balaban J connectivity index is 0. The SMILES string of the molecule is CCCCCCCCCCCCCCCCCCCCOS(=O)(=O)CCCCCCCCCCCF.CC[N+](CC)(CC)CC. The highest BCUT2D eigenvalue weighted by molar-refractivity contribution is 7.86. The number of rotatable bonds is 35. The molecule has 0 aromatic carbocycles. The largest absolute Gasteiger partial charge is 0.325 e. The Hall–Kier alpha value is -0.200. The van der Waals surface area contributed by atoms with Crippen LogP contribution in [0.2, 0.25) is 0 Å². The minimum Gasteiger partial charge on any atom is -0.325 e. The van der Waals surface area contributed by atoms with Gasteiger partial charge in [-0.05, 0) is 47.0 Å². The fraction of sp³-hybridized carbons (Fsp3) is 1.00. The molecule has 0 aromatic heterocycles. The molecule has 0 aliphatic carbocycles. The van der Waals surface area contributed by atoms with E-state index in [2.05, 4.69) is 34.6 Å². The lowest BCUT2D eigenvalue weighted by atomic mass is 10.0. The highest BCUT2D eigenvalue weighted by atomic mass is 32.2. The molecule has 0 aliphatic rings. The van der Waals surface area contributed by atoms with Gasteiger partial charge in [0.05, 0.1) is 45.2 Å². The van der Waals surface area contributed by atoms with Gasteiger partial charge in [-0.25, -0.2) is 0 Å². The Morgan fingerprint density at radius 2 is 0.711 bits per heavy atom. The molecule has 0 N–H and O–H groups in total. The van der Waals surface area contributed by atoms with Gasteiger partial charge >= 0.3 is 0 Å². The third-order valence-electron chi connectivity index (χ3n) is 9.97. The van der Waals surface area contributed by atoms with E-state index >= 15 is 0 Å². The Labute approximate surface area is 284 Å². The maximum Gasteiger partial charge on any atom is 0.267 e. The fourth-order valence-corrected chi connectivity index (χ4v) is 7.25. The Morgan fingerprint density at radius 1 is 0.422 bits per heavy atom. The summed E-state index contributed by atoms with van der Waals surface area (Å²) in [4.78, 5) is 0. The van der Waals surface area contributed by atoms with Crippen LogP contribution in [0.25, 0.3) is 0 Å². The van der Waals surface area contributed by atoms with Crippen molar-refractivity contribution in [3.05, 3.63) is 0 Å². The zero-order valence-corrected chi connectivity index (χ0v) is 32.3. The van der Waals surface area contributed by atoms with Gasteiger partial charge in [0.2, 0.25) is 0 Å². The predicted octanol–water partition coefficient (Wildman–Crippen LogP) is 12.7. The van der Waals surface area contributed by atoms with Gasteiger partial charge in [0.1, 0.15) is 0 Å². The molecule has 0 amide bonds. The van der Waals surface area contributed by atoms with E-state index in [1.54, 1.807) is 0 Å². The van der Waals surface area contributed by atoms with Crippen LogP contribution < -0.4 is 0 Å². The molecule has 0 aromatic rings. The van der Waals surface area contributed by atoms with Crippen LogP contribution in [-0.2, 0) is 14.3 Å². The number of hydrogen-bond acceptors (Lipinski definition) is 3. The van der Waals surface area contributed by atoms with E-state index in [4.69, 9.17) is 4.18 Å². The molecule has 274 valence electrons. The maximum atomic E-state index is 12.0. The molecule has 0 saturated carbocycles. The molecule has 0 fully saturated rings. The smallest absolute Gasteiger partial charge is 0.267 e. The first kappa shape index (κ1) is 46.9. The molecule has 0 atom stereocenters. The maximum absolute atomic E-state index is 12.0. The van der Waals surface area contributed by atoms with Crippen molar-refractivity contribution in [3.8, 4) is 0 Å². The van der Waals surface area contributed by atoms with Gasteiger partial charge in [-0.1, -0.05) is 161 Å². The number of halogens is 1.